The summed E-state index contributed by atoms with van der Waals surface area (Å²) in [5.41, 5.74) is 0.882. The molecule has 0 bridgehead atoms. The molecule has 1 aromatic heterocycles. The molecule has 0 saturated heterocycles. The summed E-state index contributed by atoms with van der Waals surface area (Å²) >= 11 is 1.37. The zero-order valence-corrected chi connectivity index (χ0v) is 17.3. The number of thiazole rings is 1. The van der Waals surface area contributed by atoms with Crippen LogP contribution in [0, 0.1) is 5.92 Å². The number of anilines is 1. The Morgan fingerprint density at radius 1 is 1.32 bits per heavy atom. The maximum atomic E-state index is 13.0. The molecule has 2 aliphatic rings. The van der Waals surface area contributed by atoms with Crippen molar-refractivity contribution in [2.75, 3.05) is 18.5 Å². The van der Waals surface area contributed by atoms with Crippen LogP contribution in [0.2, 0.25) is 0 Å². The van der Waals surface area contributed by atoms with Crippen LogP contribution in [-0.4, -0.2) is 36.8 Å². The molecule has 0 radical (unpaired) electrons. The van der Waals surface area contributed by atoms with Gasteiger partial charge in [0, 0.05) is 23.8 Å². The van der Waals surface area contributed by atoms with Crippen LogP contribution in [0.15, 0.2) is 29.2 Å². The molecule has 2 aromatic rings. The minimum Gasteiger partial charge on any atom is -0.494 e. The lowest BCUT2D eigenvalue weighted by atomic mass is 9.85. The number of ether oxygens (including phenoxy) is 1. The molecular formula is C19H23N3O4S2. The Bertz CT molecular complexity index is 966. The molecule has 7 nitrogen and oxygen atoms in total. The van der Waals surface area contributed by atoms with Crippen molar-refractivity contribution in [2.24, 2.45) is 5.92 Å². The van der Waals surface area contributed by atoms with E-state index in [9.17, 15) is 13.2 Å². The molecule has 28 heavy (non-hydrogen) atoms. The highest BCUT2D eigenvalue weighted by Gasteiger charge is 2.31. The van der Waals surface area contributed by atoms with Crippen molar-refractivity contribution in [3.63, 3.8) is 0 Å². The molecule has 1 aliphatic heterocycles. The molecule has 1 fully saturated rings. The number of aromatic nitrogens is 1. The Balaban J connectivity index is 1.47. The number of fused-ring (bicyclic) bond motifs is 1. The van der Waals surface area contributed by atoms with Gasteiger partial charge in [0.25, 0.3) is 0 Å². The second-order valence-corrected chi connectivity index (χ2v) is 10.0. The highest BCUT2D eigenvalue weighted by molar-refractivity contribution is 7.89. The number of nitrogens with zero attached hydrogens (tertiary/aromatic N) is 2. The first-order valence-electron chi connectivity index (χ1n) is 9.50. The van der Waals surface area contributed by atoms with Crippen molar-refractivity contribution < 1.29 is 17.9 Å². The maximum absolute atomic E-state index is 13.0. The number of amides is 1. The van der Waals surface area contributed by atoms with Gasteiger partial charge in [0.15, 0.2) is 5.13 Å². The summed E-state index contributed by atoms with van der Waals surface area (Å²) < 4.78 is 32.8. The number of rotatable bonds is 6. The van der Waals surface area contributed by atoms with Gasteiger partial charge >= 0.3 is 0 Å². The monoisotopic (exact) mass is 421 g/mol. The lowest BCUT2D eigenvalue weighted by Crippen LogP contribution is -2.35. The van der Waals surface area contributed by atoms with Crippen LogP contribution in [0.1, 0.15) is 36.8 Å². The van der Waals surface area contributed by atoms with Crippen LogP contribution in [0.4, 0.5) is 5.13 Å². The molecule has 150 valence electrons. The van der Waals surface area contributed by atoms with Gasteiger partial charge in [-0.25, -0.2) is 13.4 Å². The van der Waals surface area contributed by atoms with E-state index in [2.05, 4.69) is 10.3 Å². The summed E-state index contributed by atoms with van der Waals surface area (Å²) in [6.07, 6.45) is 3.52. The third kappa shape index (κ3) is 3.78. The minimum absolute atomic E-state index is 0.0243. The van der Waals surface area contributed by atoms with Crippen molar-refractivity contribution in [2.45, 2.75) is 44.0 Å². The molecule has 1 amide bonds. The van der Waals surface area contributed by atoms with E-state index in [0.717, 1.165) is 29.8 Å². The number of hydrogen-bond donors (Lipinski definition) is 1. The molecule has 9 heteroatoms. The quantitative estimate of drug-likeness (QED) is 0.775. The van der Waals surface area contributed by atoms with Crippen molar-refractivity contribution in [1.82, 2.24) is 9.29 Å². The van der Waals surface area contributed by atoms with Crippen molar-refractivity contribution >= 4 is 32.4 Å². The summed E-state index contributed by atoms with van der Waals surface area (Å²) in [6, 6.07) is 6.50. The molecule has 2 heterocycles. The highest BCUT2D eigenvalue weighted by atomic mass is 32.2. The maximum Gasteiger partial charge on any atom is 0.243 e. The first kappa shape index (κ1) is 19.4. The Morgan fingerprint density at radius 2 is 2.07 bits per heavy atom. The number of carbonyl (C=O) groups excluding carboxylic acids is 1. The predicted molar refractivity (Wildman–Crippen MR) is 107 cm³/mol. The average Bonchev–Trinajstić information content (AvgIpc) is 3.02. The van der Waals surface area contributed by atoms with Gasteiger partial charge in [-0.2, -0.15) is 4.31 Å². The van der Waals surface area contributed by atoms with Crippen molar-refractivity contribution in [1.29, 1.82) is 0 Å². The van der Waals surface area contributed by atoms with E-state index in [4.69, 9.17) is 4.74 Å². The molecule has 1 aromatic carbocycles. The number of hydrogen-bond acceptors (Lipinski definition) is 6. The summed E-state index contributed by atoms with van der Waals surface area (Å²) in [5.74, 6) is 0.769. The second kappa shape index (κ2) is 7.81. The second-order valence-electron chi connectivity index (χ2n) is 7.00. The van der Waals surface area contributed by atoms with Gasteiger partial charge in [0.2, 0.25) is 15.9 Å². The Kier molecular flexibility index (Phi) is 5.39. The van der Waals surface area contributed by atoms with Gasteiger partial charge in [0.1, 0.15) is 5.75 Å². The fourth-order valence-electron chi connectivity index (χ4n) is 3.33. The van der Waals surface area contributed by atoms with Gasteiger partial charge in [-0.1, -0.05) is 6.42 Å². The zero-order chi connectivity index (χ0) is 19.7. The molecule has 0 unspecified atom stereocenters. The van der Waals surface area contributed by atoms with Crippen LogP contribution in [-0.2, 0) is 27.8 Å². The lowest BCUT2D eigenvalue weighted by molar-refractivity contribution is -0.122. The Hall–Kier alpha value is -1.97. The molecule has 1 N–H and O–H groups in total. The van der Waals surface area contributed by atoms with Crippen molar-refractivity contribution in [3.05, 3.63) is 34.8 Å². The van der Waals surface area contributed by atoms with Gasteiger partial charge in [-0.3, -0.25) is 4.79 Å². The van der Waals surface area contributed by atoms with Gasteiger partial charge in [0.05, 0.1) is 23.7 Å². The molecule has 1 aliphatic carbocycles. The number of benzene rings is 1. The van der Waals surface area contributed by atoms with Gasteiger partial charge in [-0.05, 0) is 44.0 Å². The van der Waals surface area contributed by atoms with E-state index in [1.807, 2.05) is 6.92 Å². The fraction of sp³-hybridized carbons (Fsp3) is 0.474. The van der Waals surface area contributed by atoms with Gasteiger partial charge < -0.3 is 10.1 Å². The van der Waals surface area contributed by atoms with Crippen LogP contribution in [0.5, 0.6) is 5.75 Å². The van der Waals surface area contributed by atoms with E-state index in [1.165, 1.54) is 15.6 Å². The molecule has 0 atom stereocenters. The molecular weight excluding hydrogens is 398 g/mol. The minimum atomic E-state index is -3.59. The first-order chi connectivity index (χ1) is 13.5. The first-order valence-corrected chi connectivity index (χ1v) is 11.8. The summed E-state index contributed by atoms with van der Waals surface area (Å²) in [5, 5.41) is 3.46. The highest BCUT2D eigenvalue weighted by Crippen LogP contribution is 2.33. The zero-order valence-electron chi connectivity index (χ0n) is 15.7. The van der Waals surface area contributed by atoms with Crippen LogP contribution >= 0.6 is 11.3 Å². The van der Waals surface area contributed by atoms with E-state index in [1.54, 1.807) is 24.3 Å². The average molecular weight is 422 g/mol. The predicted octanol–water partition coefficient (Wildman–Crippen LogP) is 3.03. The molecule has 1 saturated carbocycles. The third-order valence-corrected chi connectivity index (χ3v) is 8.03. The topological polar surface area (TPSA) is 88.6 Å². The van der Waals surface area contributed by atoms with Crippen LogP contribution in [0.3, 0.4) is 0 Å². The number of carbonyl (C=O) groups is 1. The third-order valence-electron chi connectivity index (χ3n) is 5.17. The van der Waals surface area contributed by atoms with Crippen molar-refractivity contribution in [3.8, 4) is 5.75 Å². The largest absolute Gasteiger partial charge is 0.494 e. The van der Waals surface area contributed by atoms with E-state index in [-0.39, 0.29) is 23.3 Å². The smallest absolute Gasteiger partial charge is 0.243 e. The normalized spacial score (nSPS) is 17.6. The van der Waals surface area contributed by atoms with Crippen LogP contribution < -0.4 is 10.1 Å². The summed E-state index contributed by atoms with van der Waals surface area (Å²) in [4.78, 5) is 17.8. The van der Waals surface area contributed by atoms with Crippen LogP contribution in [0.25, 0.3) is 0 Å². The van der Waals surface area contributed by atoms with Gasteiger partial charge in [-0.15, -0.1) is 11.3 Å². The van der Waals surface area contributed by atoms with E-state index >= 15 is 0 Å². The standard InChI is InChI=1S/C19H23N3O4S2/c1-2-26-14-6-8-15(9-7-14)28(24,25)22-11-10-16-17(12-22)27-19(20-16)21-18(23)13-4-3-5-13/h6-9,13H,2-5,10-12H2,1H3,(H,20,21,23). The Morgan fingerprint density at radius 3 is 2.71 bits per heavy atom. The van der Waals surface area contributed by atoms with E-state index in [0.29, 0.717) is 30.5 Å². The Labute approximate surface area is 168 Å². The molecule has 4 rings (SSSR count). The fourth-order valence-corrected chi connectivity index (χ4v) is 5.85. The number of sulfonamides is 1. The molecule has 0 spiro atoms. The lowest BCUT2D eigenvalue weighted by Gasteiger charge is -2.25. The summed E-state index contributed by atoms with van der Waals surface area (Å²) in [7, 11) is -3.59. The van der Waals surface area contributed by atoms with E-state index < -0.39 is 10.0 Å². The number of nitrogens with one attached hydrogen (secondary N) is 1. The SMILES string of the molecule is CCOc1ccc(S(=O)(=O)N2CCc3nc(NC(=O)C4CCC4)sc3C2)cc1. The summed E-state index contributed by atoms with van der Waals surface area (Å²) in [6.45, 7) is 3.07.